The summed E-state index contributed by atoms with van der Waals surface area (Å²) in [5.74, 6) is 1.13. The number of morpholine rings is 1. The highest BCUT2D eigenvalue weighted by Crippen LogP contribution is 2.23. The lowest BCUT2D eigenvalue weighted by Crippen LogP contribution is -2.42. The van der Waals surface area contributed by atoms with Crippen LogP contribution in [0.1, 0.15) is 57.5 Å². The number of nitrogens with zero attached hydrogens (tertiary/aromatic N) is 3. The number of ether oxygens (including phenoxy) is 1. The van der Waals surface area contributed by atoms with Crippen molar-refractivity contribution in [3.63, 3.8) is 0 Å². The van der Waals surface area contributed by atoms with Gasteiger partial charge in [-0.3, -0.25) is 4.90 Å². The molecule has 0 radical (unpaired) electrons. The summed E-state index contributed by atoms with van der Waals surface area (Å²) >= 11 is 0. The average Bonchev–Trinajstić information content (AvgIpc) is 2.89. The van der Waals surface area contributed by atoms with Crippen molar-refractivity contribution in [2.24, 2.45) is 5.73 Å². The molecule has 2 N–H and O–H groups in total. The van der Waals surface area contributed by atoms with Crippen LogP contribution in [0.15, 0.2) is 4.52 Å². The predicted octanol–water partition coefficient (Wildman–Crippen LogP) is 1.65. The number of nitrogens with two attached hydrogens (primary N) is 1. The average molecular weight is 268 g/mol. The quantitative estimate of drug-likeness (QED) is 0.875. The molecule has 0 bridgehead atoms. The van der Waals surface area contributed by atoms with Crippen LogP contribution < -0.4 is 5.73 Å². The number of hydrogen-bond acceptors (Lipinski definition) is 6. The molecule has 1 aromatic heterocycles. The van der Waals surface area contributed by atoms with E-state index in [1.807, 2.05) is 0 Å². The fourth-order valence-electron chi connectivity index (χ4n) is 2.26. The fraction of sp³-hybridized carbons (Fsp3) is 0.846. The van der Waals surface area contributed by atoms with Crippen LogP contribution in [0.25, 0.3) is 0 Å². The van der Waals surface area contributed by atoms with E-state index in [1.54, 1.807) is 0 Å². The molecule has 1 saturated heterocycles. The van der Waals surface area contributed by atoms with Gasteiger partial charge in [-0.05, 0) is 20.3 Å². The maximum atomic E-state index is 5.98. The Morgan fingerprint density at radius 2 is 2.26 bits per heavy atom. The molecule has 2 heterocycles. The van der Waals surface area contributed by atoms with Crippen LogP contribution in [0.4, 0.5) is 0 Å². The summed E-state index contributed by atoms with van der Waals surface area (Å²) in [5.41, 5.74) is 5.98. The summed E-state index contributed by atoms with van der Waals surface area (Å²) in [6, 6.07) is 0.330. The van der Waals surface area contributed by atoms with E-state index in [4.69, 9.17) is 15.0 Å². The molecule has 108 valence electrons. The molecule has 0 amide bonds. The van der Waals surface area contributed by atoms with Gasteiger partial charge in [-0.1, -0.05) is 18.5 Å². The minimum Gasteiger partial charge on any atom is -0.367 e. The van der Waals surface area contributed by atoms with Crippen LogP contribution in [0.3, 0.4) is 0 Å². The number of rotatable bonds is 5. The lowest BCUT2D eigenvalue weighted by molar-refractivity contribution is -0.0450. The van der Waals surface area contributed by atoms with Gasteiger partial charge in [-0.25, -0.2) is 0 Å². The van der Waals surface area contributed by atoms with E-state index in [-0.39, 0.29) is 12.1 Å². The standard InChI is InChI=1S/C13H24N4O2/c1-4-5-10(14)13-15-12(16-19-13)11-8-17(9(2)3)6-7-18-11/h9-11H,4-8,14H2,1-3H3. The van der Waals surface area contributed by atoms with Crippen molar-refractivity contribution in [1.29, 1.82) is 0 Å². The van der Waals surface area contributed by atoms with Crippen LogP contribution in [0.2, 0.25) is 0 Å². The molecule has 0 aromatic carbocycles. The molecule has 19 heavy (non-hydrogen) atoms. The third-order valence-corrected chi connectivity index (χ3v) is 3.49. The molecule has 6 nitrogen and oxygen atoms in total. The van der Waals surface area contributed by atoms with E-state index in [2.05, 4.69) is 35.8 Å². The van der Waals surface area contributed by atoms with Gasteiger partial charge in [0.25, 0.3) is 0 Å². The Labute approximate surface area is 114 Å². The first-order valence-corrected chi connectivity index (χ1v) is 7.06. The van der Waals surface area contributed by atoms with Crippen molar-refractivity contribution < 1.29 is 9.26 Å². The largest absolute Gasteiger partial charge is 0.367 e. The Bertz CT molecular complexity index is 394. The van der Waals surface area contributed by atoms with Crippen molar-refractivity contribution in [2.75, 3.05) is 19.7 Å². The number of aromatic nitrogens is 2. The molecule has 1 fully saturated rings. The summed E-state index contributed by atoms with van der Waals surface area (Å²) in [6.45, 7) is 8.91. The molecule has 1 aliphatic heterocycles. The van der Waals surface area contributed by atoms with Gasteiger partial charge in [0.1, 0.15) is 6.10 Å². The zero-order valence-electron chi connectivity index (χ0n) is 12.0. The molecule has 2 unspecified atom stereocenters. The van der Waals surface area contributed by atoms with Crippen molar-refractivity contribution in [3.8, 4) is 0 Å². The number of hydrogen-bond donors (Lipinski definition) is 1. The highest BCUT2D eigenvalue weighted by molar-refractivity contribution is 4.97. The summed E-state index contributed by atoms with van der Waals surface area (Å²) in [4.78, 5) is 6.75. The molecule has 2 atom stereocenters. The van der Waals surface area contributed by atoms with Gasteiger partial charge in [0.05, 0.1) is 12.6 Å². The van der Waals surface area contributed by atoms with Gasteiger partial charge in [0.2, 0.25) is 11.7 Å². The van der Waals surface area contributed by atoms with Crippen molar-refractivity contribution in [1.82, 2.24) is 15.0 Å². The maximum Gasteiger partial charge on any atom is 0.243 e. The smallest absolute Gasteiger partial charge is 0.243 e. The second-order valence-electron chi connectivity index (χ2n) is 5.33. The van der Waals surface area contributed by atoms with Crippen molar-refractivity contribution in [2.45, 2.75) is 51.8 Å². The maximum absolute atomic E-state index is 5.98. The van der Waals surface area contributed by atoms with Gasteiger partial charge in [0.15, 0.2) is 0 Å². The lowest BCUT2D eigenvalue weighted by Gasteiger charge is -2.34. The van der Waals surface area contributed by atoms with E-state index in [0.717, 1.165) is 25.9 Å². The molecule has 1 aromatic rings. The first-order valence-electron chi connectivity index (χ1n) is 7.06. The second-order valence-corrected chi connectivity index (χ2v) is 5.33. The van der Waals surface area contributed by atoms with Crippen LogP contribution in [0, 0.1) is 0 Å². The SMILES string of the molecule is CCCC(N)c1nc(C2CN(C(C)C)CCO2)no1. The molecule has 2 rings (SSSR count). The van der Waals surface area contributed by atoms with E-state index in [1.165, 1.54) is 0 Å². The minimum atomic E-state index is -0.170. The molecule has 0 aliphatic carbocycles. The summed E-state index contributed by atoms with van der Waals surface area (Å²) in [7, 11) is 0. The topological polar surface area (TPSA) is 77.4 Å². The van der Waals surface area contributed by atoms with E-state index in [0.29, 0.717) is 24.4 Å². The lowest BCUT2D eigenvalue weighted by atomic mass is 10.2. The highest BCUT2D eigenvalue weighted by atomic mass is 16.5. The van der Waals surface area contributed by atoms with Crippen molar-refractivity contribution in [3.05, 3.63) is 11.7 Å². The van der Waals surface area contributed by atoms with Crippen LogP contribution >= 0.6 is 0 Å². The normalized spacial score (nSPS) is 22.9. The van der Waals surface area contributed by atoms with Crippen LogP contribution in [-0.4, -0.2) is 40.8 Å². The molecule has 6 heteroatoms. The zero-order valence-corrected chi connectivity index (χ0v) is 12.0. The second kappa shape index (κ2) is 6.45. The first-order chi connectivity index (χ1) is 9.11. The first kappa shape index (κ1) is 14.4. The minimum absolute atomic E-state index is 0.109. The van der Waals surface area contributed by atoms with Crippen molar-refractivity contribution >= 4 is 0 Å². The summed E-state index contributed by atoms with van der Waals surface area (Å²) < 4.78 is 11.0. The Kier molecular flexibility index (Phi) is 4.90. The molecule has 0 saturated carbocycles. The Morgan fingerprint density at radius 3 is 2.95 bits per heavy atom. The highest BCUT2D eigenvalue weighted by Gasteiger charge is 2.28. The van der Waals surface area contributed by atoms with Gasteiger partial charge in [-0.2, -0.15) is 4.98 Å². The zero-order chi connectivity index (χ0) is 13.8. The summed E-state index contributed by atoms with van der Waals surface area (Å²) in [5, 5.41) is 4.02. The third-order valence-electron chi connectivity index (χ3n) is 3.49. The van der Waals surface area contributed by atoms with Gasteiger partial charge in [0, 0.05) is 19.1 Å². The predicted molar refractivity (Wildman–Crippen MR) is 71.5 cm³/mol. The fourth-order valence-corrected chi connectivity index (χ4v) is 2.26. The molecular formula is C13H24N4O2. The van der Waals surface area contributed by atoms with E-state index >= 15 is 0 Å². The van der Waals surface area contributed by atoms with Gasteiger partial charge < -0.3 is 15.0 Å². The Balaban J connectivity index is 2.01. The molecule has 1 aliphatic rings. The molecule has 0 spiro atoms. The summed E-state index contributed by atoms with van der Waals surface area (Å²) in [6.07, 6.45) is 1.74. The third kappa shape index (κ3) is 3.52. The monoisotopic (exact) mass is 268 g/mol. The Hall–Kier alpha value is -0.980. The van der Waals surface area contributed by atoms with E-state index in [9.17, 15) is 0 Å². The van der Waals surface area contributed by atoms with Crippen LogP contribution in [0.5, 0.6) is 0 Å². The van der Waals surface area contributed by atoms with E-state index < -0.39 is 0 Å². The van der Waals surface area contributed by atoms with Gasteiger partial charge >= 0.3 is 0 Å². The molecular weight excluding hydrogens is 244 g/mol. The Morgan fingerprint density at radius 1 is 1.47 bits per heavy atom. The van der Waals surface area contributed by atoms with Gasteiger partial charge in [-0.15, -0.1) is 0 Å². The van der Waals surface area contributed by atoms with Crippen LogP contribution in [-0.2, 0) is 4.74 Å².